The number of hydrogen-bond donors (Lipinski definition) is 3. The molecule has 0 aliphatic heterocycles. The topological polar surface area (TPSA) is 101 Å². The highest BCUT2D eigenvalue weighted by Gasteiger charge is 2.05. The molecule has 3 N–H and O–H groups in total. The van der Waals surface area contributed by atoms with Crippen molar-refractivity contribution in [3.63, 3.8) is 0 Å². The maximum Gasteiger partial charge on any atom is 0.322 e. The molecular formula is C10H19N5O3. The summed E-state index contributed by atoms with van der Waals surface area (Å²) in [5, 5.41) is 14.5. The summed E-state index contributed by atoms with van der Waals surface area (Å²) in [6.07, 6.45) is 0. The van der Waals surface area contributed by atoms with Gasteiger partial charge < -0.3 is 25.2 Å². The van der Waals surface area contributed by atoms with Crippen molar-refractivity contribution in [2.24, 2.45) is 0 Å². The SMILES string of the molecule is CCNc1nc(NCCOCCO)nc(OC)n1. The molecule has 0 atom stereocenters. The Balaban J connectivity index is 2.50. The van der Waals surface area contributed by atoms with Gasteiger partial charge in [0.15, 0.2) is 0 Å². The molecule has 8 heteroatoms. The summed E-state index contributed by atoms with van der Waals surface area (Å²) >= 11 is 0. The molecule has 0 aliphatic rings. The van der Waals surface area contributed by atoms with E-state index in [0.29, 0.717) is 38.2 Å². The largest absolute Gasteiger partial charge is 0.467 e. The highest BCUT2D eigenvalue weighted by molar-refractivity contribution is 5.35. The predicted octanol–water partition coefficient (Wildman–Crippen LogP) is -0.267. The minimum Gasteiger partial charge on any atom is -0.467 e. The molecule has 0 fully saturated rings. The van der Waals surface area contributed by atoms with Crippen molar-refractivity contribution in [1.29, 1.82) is 0 Å². The first-order chi connectivity index (χ1) is 8.80. The van der Waals surface area contributed by atoms with Crippen LogP contribution in [0.25, 0.3) is 0 Å². The number of aliphatic hydroxyl groups excluding tert-OH is 1. The van der Waals surface area contributed by atoms with Gasteiger partial charge in [-0.1, -0.05) is 0 Å². The first-order valence-corrected chi connectivity index (χ1v) is 5.76. The van der Waals surface area contributed by atoms with Crippen molar-refractivity contribution in [1.82, 2.24) is 15.0 Å². The summed E-state index contributed by atoms with van der Waals surface area (Å²) in [5.74, 6) is 0.883. The zero-order valence-corrected chi connectivity index (χ0v) is 10.6. The minimum atomic E-state index is 0.0180. The maximum absolute atomic E-state index is 8.54. The Kier molecular flexibility index (Phi) is 6.74. The monoisotopic (exact) mass is 257 g/mol. The zero-order valence-electron chi connectivity index (χ0n) is 10.6. The van der Waals surface area contributed by atoms with Crippen molar-refractivity contribution < 1.29 is 14.6 Å². The Morgan fingerprint density at radius 3 is 2.44 bits per heavy atom. The van der Waals surface area contributed by atoms with Crippen LogP contribution in [-0.2, 0) is 4.74 Å². The van der Waals surface area contributed by atoms with Gasteiger partial charge in [-0.2, -0.15) is 15.0 Å². The molecule has 1 rings (SSSR count). The quantitative estimate of drug-likeness (QED) is 0.520. The minimum absolute atomic E-state index is 0.0180. The number of aromatic nitrogens is 3. The van der Waals surface area contributed by atoms with Gasteiger partial charge in [-0.15, -0.1) is 0 Å². The molecule has 1 aromatic heterocycles. The van der Waals surface area contributed by atoms with Gasteiger partial charge in [0.25, 0.3) is 0 Å². The Bertz CT molecular complexity index is 350. The number of rotatable bonds is 9. The van der Waals surface area contributed by atoms with Crippen molar-refractivity contribution >= 4 is 11.9 Å². The van der Waals surface area contributed by atoms with Crippen LogP contribution in [0.2, 0.25) is 0 Å². The first-order valence-electron chi connectivity index (χ1n) is 5.76. The highest BCUT2D eigenvalue weighted by atomic mass is 16.5. The fourth-order valence-corrected chi connectivity index (χ4v) is 1.17. The van der Waals surface area contributed by atoms with Crippen molar-refractivity contribution in [2.75, 3.05) is 50.7 Å². The fourth-order valence-electron chi connectivity index (χ4n) is 1.17. The van der Waals surface area contributed by atoms with E-state index in [-0.39, 0.29) is 12.6 Å². The van der Waals surface area contributed by atoms with E-state index in [1.54, 1.807) is 0 Å². The molecule has 1 aromatic rings. The van der Waals surface area contributed by atoms with Crippen LogP contribution < -0.4 is 15.4 Å². The molecule has 18 heavy (non-hydrogen) atoms. The Morgan fingerprint density at radius 2 is 1.83 bits per heavy atom. The van der Waals surface area contributed by atoms with E-state index in [0.717, 1.165) is 0 Å². The number of hydrogen-bond acceptors (Lipinski definition) is 8. The van der Waals surface area contributed by atoms with E-state index < -0.39 is 0 Å². The van der Waals surface area contributed by atoms with Crippen LogP contribution >= 0.6 is 0 Å². The molecule has 1 heterocycles. The third-order valence-electron chi connectivity index (χ3n) is 1.90. The smallest absolute Gasteiger partial charge is 0.322 e. The lowest BCUT2D eigenvalue weighted by atomic mass is 10.6. The molecule has 0 amide bonds. The van der Waals surface area contributed by atoms with Crippen LogP contribution in [-0.4, -0.2) is 60.1 Å². The predicted molar refractivity (Wildman–Crippen MR) is 66.9 cm³/mol. The Labute approximate surface area is 106 Å². The normalized spacial score (nSPS) is 10.2. The molecular weight excluding hydrogens is 238 g/mol. The van der Waals surface area contributed by atoms with Gasteiger partial charge >= 0.3 is 6.01 Å². The van der Waals surface area contributed by atoms with Crippen molar-refractivity contribution in [3.05, 3.63) is 0 Å². The second kappa shape index (κ2) is 8.43. The second-order valence-corrected chi connectivity index (χ2v) is 3.26. The maximum atomic E-state index is 8.54. The molecule has 0 spiro atoms. The molecule has 0 aliphatic carbocycles. The standard InChI is InChI=1S/C10H19N5O3/c1-3-11-8-13-9(15-10(14-8)17-2)12-4-6-18-7-5-16/h16H,3-7H2,1-2H3,(H2,11,12,13,14,15). The van der Waals surface area contributed by atoms with Crippen LogP contribution in [0, 0.1) is 0 Å². The van der Waals surface area contributed by atoms with Crippen LogP contribution in [0.1, 0.15) is 6.92 Å². The summed E-state index contributed by atoms with van der Waals surface area (Å²) in [7, 11) is 1.50. The number of anilines is 2. The van der Waals surface area contributed by atoms with Crippen LogP contribution in [0.15, 0.2) is 0 Å². The average molecular weight is 257 g/mol. The summed E-state index contributed by atoms with van der Waals surface area (Å²) in [4.78, 5) is 12.3. The lowest BCUT2D eigenvalue weighted by molar-refractivity contribution is 0.0991. The third kappa shape index (κ3) is 5.11. The molecule has 0 radical (unpaired) electrons. The van der Waals surface area contributed by atoms with Crippen LogP contribution in [0.5, 0.6) is 6.01 Å². The number of aliphatic hydroxyl groups is 1. The number of nitrogens with zero attached hydrogens (tertiary/aromatic N) is 3. The second-order valence-electron chi connectivity index (χ2n) is 3.26. The van der Waals surface area contributed by atoms with Gasteiger partial charge in [0.2, 0.25) is 11.9 Å². The van der Waals surface area contributed by atoms with E-state index in [2.05, 4.69) is 25.6 Å². The zero-order chi connectivity index (χ0) is 13.2. The van der Waals surface area contributed by atoms with E-state index in [9.17, 15) is 0 Å². The first kappa shape index (κ1) is 14.4. The summed E-state index contributed by atoms with van der Waals surface area (Å²) in [5.41, 5.74) is 0. The van der Waals surface area contributed by atoms with E-state index in [4.69, 9.17) is 14.6 Å². The molecule has 8 nitrogen and oxygen atoms in total. The van der Waals surface area contributed by atoms with Gasteiger partial charge in [0.05, 0.1) is 26.9 Å². The number of nitrogens with one attached hydrogen (secondary N) is 2. The summed E-state index contributed by atoms with van der Waals surface area (Å²) < 4.78 is 10.1. The van der Waals surface area contributed by atoms with Gasteiger partial charge in [0.1, 0.15) is 0 Å². The third-order valence-corrected chi connectivity index (χ3v) is 1.90. The van der Waals surface area contributed by atoms with E-state index in [1.165, 1.54) is 7.11 Å². The Hall–Kier alpha value is -1.67. The average Bonchev–Trinajstić information content (AvgIpc) is 2.38. The van der Waals surface area contributed by atoms with E-state index >= 15 is 0 Å². The molecule has 0 saturated heterocycles. The van der Waals surface area contributed by atoms with Gasteiger partial charge in [-0.3, -0.25) is 0 Å². The lowest BCUT2D eigenvalue weighted by Gasteiger charge is -2.08. The molecule has 102 valence electrons. The summed E-state index contributed by atoms with van der Waals surface area (Å²) in [6.45, 7) is 4.01. The Morgan fingerprint density at radius 1 is 1.11 bits per heavy atom. The van der Waals surface area contributed by atoms with Gasteiger partial charge in [0, 0.05) is 13.1 Å². The van der Waals surface area contributed by atoms with E-state index in [1.807, 2.05) is 6.92 Å². The number of ether oxygens (including phenoxy) is 2. The van der Waals surface area contributed by atoms with Gasteiger partial charge in [-0.25, -0.2) is 0 Å². The molecule has 0 unspecified atom stereocenters. The van der Waals surface area contributed by atoms with Crippen LogP contribution in [0.3, 0.4) is 0 Å². The lowest BCUT2D eigenvalue weighted by Crippen LogP contribution is -2.15. The number of methoxy groups -OCH3 is 1. The molecule has 0 aromatic carbocycles. The molecule has 0 bridgehead atoms. The van der Waals surface area contributed by atoms with Crippen molar-refractivity contribution in [3.8, 4) is 6.01 Å². The molecule has 0 saturated carbocycles. The van der Waals surface area contributed by atoms with Gasteiger partial charge in [-0.05, 0) is 6.92 Å². The highest BCUT2D eigenvalue weighted by Crippen LogP contribution is 2.09. The summed E-state index contributed by atoms with van der Waals surface area (Å²) in [6, 6.07) is 0.250. The van der Waals surface area contributed by atoms with Crippen LogP contribution in [0.4, 0.5) is 11.9 Å². The fraction of sp³-hybridized carbons (Fsp3) is 0.700. The van der Waals surface area contributed by atoms with Crippen molar-refractivity contribution in [2.45, 2.75) is 6.92 Å².